The molecule has 0 aromatic heterocycles. The number of β-amino-alcohol motifs (C(OH)–C–C–N with tert-alkyl or cyclic N) is 1. The van der Waals surface area contributed by atoms with Gasteiger partial charge >= 0.3 is 0 Å². The van der Waals surface area contributed by atoms with Gasteiger partial charge in [0.1, 0.15) is 11.4 Å². The Bertz CT molecular complexity index is 976. The number of piperidine rings is 1. The molecular weight excluding hydrogens is 510 g/mol. The number of likely N-dealkylation sites (tertiary alicyclic amines) is 1. The van der Waals surface area contributed by atoms with Crippen LogP contribution in [0.25, 0.3) is 0 Å². The molecule has 0 spiro atoms. The van der Waals surface area contributed by atoms with E-state index in [1.807, 2.05) is 22.6 Å². The molecule has 5 nitrogen and oxygen atoms in total. The first kappa shape index (κ1) is 21.4. The highest BCUT2D eigenvalue weighted by atomic mass is 127. The van der Waals surface area contributed by atoms with E-state index in [0.717, 1.165) is 31.9 Å². The first-order valence-electron chi connectivity index (χ1n) is 9.73. The molecule has 0 aliphatic carbocycles. The summed E-state index contributed by atoms with van der Waals surface area (Å²) in [5.74, 6) is -3.61. The SMILES string of the molecule is O=C(c1ccc(F)c(F)c1Nc1ccc(I)cc1F)N1CC(O)(C2CCCCN2)C1. The van der Waals surface area contributed by atoms with Crippen LogP contribution in [0.1, 0.15) is 29.6 Å². The standard InChI is InChI=1S/C21H21F3IN3O2/c22-14-6-5-13(19(18(14)24)27-16-7-4-12(25)9-15(16)23)20(29)28-10-21(30,11-28)17-3-1-2-8-26-17/h4-7,9,17,26-27,30H,1-3,8,10-11H2. The van der Waals surface area contributed by atoms with Crippen molar-refractivity contribution in [2.24, 2.45) is 0 Å². The lowest BCUT2D eigenvalue weighted by Gasteiger charge is -2.51. The number of hydrogen-bond donors (Lipinski definition) is 3. The van der Waals surface area contributed by atoms with E-state index >= 15 is 0 Å². The summed E-state index contributed by atoms with van der Waals surface area (Å²) in [5.41, 5.74) is -1.65. The van der Waals surface area contributed by atoms with Gasteiger partial charge in [0.25, 0.3) is 5.91 Å². The second kappa shape index (κ2) is 8.35. The Labute approximate surface area is 185 Å². The molecule has 2 heterocycles. The van der Waals surface area contributed by atoms with Gasteiger partial charge in [0.2, 0.25) is 0 Å². The molecular formula is C21H21F3IN3O2. The third-order valence-corrected chi connectivity index (χ3v) is 6.36. The van der Waals surface area contributed by atoms with Gasteiger partial charge in [-0.3, -0.25) is 4.79 Å². The van der Waals surface area contributed by atoms with Crippen molar-refractivity contribution in [3.63, 3.8) is 0 Å². The summed E-state index contributed by atoms with van der Waals surface area (Å²) >= 11 is 1.93. The molecule has 2 aliphatic rings. The molecule has 0 radical (unpaired) electrons. The van der Waals surface area contributed by atoms with Crippen LogP contribution in [0.3, 0.4) is 0 Å². The summed E-state index contributed by atoms with van der Waals surface area (Å²) in [7, 11) is 0. The number of benzene rings is 2. The third-order valence-electron chi connectivity index (χ3n) is 5.69. The Hall–Kier alpha value is -1.85. The number of anilines is 2. The molecule has 2 aromatic rings. The summed E-state index contributed by atoms with van der Waals surface area (Å²) in [6, 6.07) is 6.19. The van der Waals surface area contributed by atoms with Crippen LogP contribution in [0.4, 0.5) is 24.5 Å². The van der Waals surface area contributed by atoms with E-state index in [4.69, 9.17) is 0 Å². The molecule has 2 fully saturated rings. The fraction of sp³-hybridized carbons (Fsp3) is 0.381. The van der Waals surface area contributed by atoms with Crippen LogP contribution >= 0.6 is 22.6 Å². The lowest BCUT2D eigenvalue weighted by atomic mass is 9.81. The molecule has 1 amide bonds. The summed E-state index contributed by atoms with van der Waals surface area (Å²) in [6.45, 7) is 1.01. The smallest absolute Gasteiger partial charge is 0.256 e. The largest absolute Gasteiger partial charge is 0.385 e. The van der Waals surface area contributed by atoms with E-state index in [2.05, 4.69) is 10.6 Å². The van der Waals surface area contributed by atoms with Crippen LogP contribution in [0.15, 0.2) is 30.3 Å². The maximum Gasteiger partial charge on any atom is 0.256 e. The summed E-state index contributed by atoms with van der Waals surface area (Å²) in [5, 5.41) is 16.6. The molecule has 4 rings (SSSR count). The summed E-state index contributed by atoms with van der Waals surface area (Å²) in [4.78, 5) is 14.4. The average Bonchev–Trinajstić information content (AvgIpc) is 2.71. The van der Waals surface area contributed by atoms with Gasteiger partial charge in [-0.1, -0.05) is 6.42 Å². The lowest BCUT2D eigenvalue weighted by molar-refractivity contribution is -0.108. The molecule has 3 N–H and O–H groups in total. The molecule has 2 aromatic carbocycles. The molecule has 30 heavy (non-hydrogen) atoms. The van der Waals surface area contributed by atoms with Gasteiger partial charge in [0.05, 0.1) is 30.0 Å². The fourth-order valence-corrected chi connectivity index (χ4v) is 4.49. The quantitative estimate of drug-likeness (QED) is 0.526. The van der Waals surface area contributed by atoms with E-state index < -0.39 is 34.6 Å². The number of carbonyl (C=O) groups is 1. The molecule has 2 aliphatic heterocycles. The molecule has 0 bridgehead atoms. The number of nitrogens with zero attached hydrogens (tertiary/aromatic N) is 1. The number of hydrogen-bond acceptors (Lipinski definition) is 4. The highest BCUT2D eigenvalue weighted by Gasteiger charge is 2.49. The van der Waals surface area contributed by atoms with Crippen LogP contribution < -0.4 is 10.6 Å². The van der Waals surface area contributed by atoms with Crippen molar-refractivity contribution in [3.8, 4) is 0 Å². The van der Waals surface area contributed by atoms with Gasteiger partial charge < -0.3 is 20.6 Å². The van der Waals surface area contributed by atoms with Crippen LogP contribution in [-0.4, -0.2) is 47.2 Å². The van der Waals surface area contributed by atoms with Crippen LogP contribution in [0, 0.1) is 21.0 Å². The molecule has 9 heteroatoms. The van der Waals surface area contributed by atoms with Crippen molar-refractivity contribution in [2.75, 3.05) is 25.0 Å². The van der Waals surface area contributed by atoms with Gasteiger partial charge in [0, 0.05) is 9.61 Å². The second-order valence-corrected chi connectivity index (χ2v) is 9.05. The average molecular weight is 531 g/mol. The van der Waals surface area contributed by atoms with Gasteiger partial charge in [-0.25, -0.2) is 13.2 Å². The number of nitrogens with one attached hydrogen (secondary N) is 2. The fourth-order valence-electron chi connectivity index (χ4n) is 4.04. The van der Waals surface area contributed by atoms with E-state index in [1.165, 1.54) is 23.1 Å². The van der Waals surface area contributed by atoms with Crippen LogP contribution in [-0.2, 0) is 0 Å². The van der Waals surface area contributed by atoms with Crippen molar-refractivity contribution in [3.05, 3.63) is 56.9 Å². The van der Waals surface area contributed by atoms with Crippen LogP contribution in [0.2, 0.25) is 0 Å². The van der Waals surface area contributed by atoms with E-state index in [-0.39, 0.29) is 30.4 Å². The highest BCUT2D eigenvalue weighted by Crippen LogP contribution is 2.34. The van der Waals surface area contributed by atoms with Crippen molar-refractivity contribution >= 4 is 39.9 Å². The Morgan fingerprint density at radius 2 is 1.93 bits per heavy atom. The minimum Gasteiger partial charge on any atom is -0.385 e. The summed E-state index contributed by atoms with van der Waals surface area (Å²) < 4.78 is 43.3. The van der Waals surface area contributed by atoms with Crippen molar-refractivity contribution in [2.45, 2.75) is 30.9 Å². The highest BCUT2D eigenvalue weighted by molar-refractivity contribution is 14.1. The molecule has 0 saturated carbocycles. The molecule has 1 atom stereocenters. The predicted molar refractivity (Wildman–Crippen MR) is 115 cm³/mol. The van der Waals surface area contributed by atoms with Gasteiger partial charge in [-0.15, -0.1) is 0 Å². The zero-order valence-electron chi connectivity index (χ0n) is 16.0. The summed E-state index contributed by atoms with van der Waals surface area (Å²) in [6.07, 6.45) is 2.88. The first-order chi connectivity index (χ1) is 14.3. The number of aliphatic hydroxyl groups is 1. The minimum atomic E-state index is -1.26. The number of halogens is 4. The maximum absolute atomic E-state index is 14.6. The number of rotatable bonds is 4. The topological polar surface area (TPSA) is 64.6 Å². The third kappa shape index (κ3) is 4.02. The van der Waals surface area contributed by atoms with Gasteiger partial charge in [-0.05, 0) is 72.3 Å². The Morgan fingerprint density at radius 3 is 2.60 bits per heavy atom. The van der Waals surface area contributed by atoms with Gasteiger partial charge in [0.15, 0.2) is 11.6 Å². The monoisotopic (exact) mass is 531 g/mol. The molecule has 1 unspecified atom stereocenters. The number of amides is 1. The zero-order chi connectivity index (χ0) is 21.5. The molecule has 160 valence electrons. The lowest BCUT2D eigenvalue weighted by Crippen LogP contribution is -2.72. The van der Waals surface area contributed by atoms with Crippen molar-refractivity contribution in [1.82, 2.24) is 10.2 Å². The molecule has 2 saturated heterocycles. The van der Waals surface area contributed by atoms with Crippen molar-refractivity contribution in [1.29, 1.82) is 0 Å². The van der Waals surface area contributed by atoms with Gasteiger partial charge in [-0.2, -0.15) is 0 Å². The maximum atomic E-state index is 14.6. The van der Waals surface area contributed by atoms with Crippen molar-refractivity contribution < 1.29 is 23.1 Å². The van der Waals surface area contributed by atoms with Crippen LogP contribution in [0.5, 0.6) is 0 Å². The first-order valence-corrected chi connectivity index (χ1v) is 10.8. The van der Waals surface area contributed by atoms with E-state index in [1.54, 1.807) is 6.07 Å². The Kier molecular flexibility index (Phi) is 5.95. The van der Waals surface area contributed by atoms with E-state index in [9.17, 15) is 23.1 Å². The Morgan fingerprint density at radius 1 is 1.17 bits per heavy atom. The number of carbonyl (C=O) groups excluding carboxylic acids is 1. The minimum absolute atomic E-state index is 0.0690. The Balaban J connectivity index is 1.57. The normalized spacial score (nSPS) is 20.6. The van der Waals surface area contributed by atoms with E-state index in [0.29, 0.717) is 3.57 Å². The second-order valence-electron chi connectivity index (χ2n) is 7.80. The predicted octanol–water partition coefficient (Wildman–Crippen LogP) is 3.78. The zero-order valence-corrected chi connectivity index (χ0v) is 18.2.